The average molecular weight is 573 g/mol. The average Bonchev–Trinajstić information content (AvgIpc) is 3.45. The highest BCUT2D eigenvalue weighted by Gasteiger charge is 2.37. The van der Waals surface area contributed by atoms with Gasteiger partial charge in [-0.1, -0.05) is 6.07 Å². The number of hydrogen-bond donors (Lipinski definition) is 4. The van der Waals surface area contributed by atoms with Gasteiger partial charge in [0.05, 0.1) is 19.1 Å². The lowest BCUT2D eigenvalue weighted by molar-refractivity contribution is -0.133. The van der Waals surface area contributed by atoms with Crippen LogP contribution >= 0.6 is 0 Å². The van der Waals surface area contributed by atoms with Crippen molar-refractivity contribution >= 4 is 27.6 Å². The van der Waals surface area contributed by atoms with E-state index in [0.717, 1.165) is 4.31 Å². The standard InChI is InChI=1S/C26H28N4O9S/c1-36-19-6-4-18(5-7-19)28-26(32)27-14-22(25(31)29-33)30(15-17-3-12-23-24(13-17)39-16-38-23)40(34,35)21-10-8-20(37-2)9-11-21/h3-13,22,33H,14-16H2,1-2H3,(H,29,31)(H2,27,28,32)/t22-/m1/s1. The normalized spacial score (nSPS) is 12.9. The number of anilines is 1. The van der Waals surface area contributed by atoms with Crippen LogP contribution in [0.4, 0.5) is 10.5 Å². The van der Waals surface area contributed by atoms with Gasteiger partial charge in [0.2, 0.25) is 16.8 Å². The Morgan fingerprint density at radius 1 is 0.950 bits per heavy atom. The maximum absolute atomic E-state index is 13.9. The van der Waals surface area contributed by atoms with Crippen LogP contribution in [0.2, 0.25) is 0 Å². The monoisotopic (exact) mass is 572 g/mol. The molecule has 40 heavy (non-hydrogen) atoms. The van der Waals surface area contributed by atoms with Crippen molar-refractivity contribution in [3.05, 3.63) is 72.3 Å². The molecule has 1 atom stereocenters. The summed E-state index contributed by atoms with van der Waals surface area (Å²) in [5, 5.41) is 14.6. The lowest BCUT2D eigenvalue weighted by Crippen LogP contribution is -2.54. The second-order valence-electron chi connectivity index (χ2n) is 8.47. The van der Waals surface area contributed by atoms with Gasteiger partial charge in [0, 0.05) is 18.8 Å². The molecule has 0 saturated carbocycles. The van der Waals surface area contributed by atoms with Gasteiger partial charge >= 0.3 is 6.03 Å². The van der Waals surface area contributed by atoms with Crippen LogP contribution in [-0.2, 0) is 21.4 Å². The zero-order valence-electron chi connectivity index (χ0n) is 21.6. The van der Waals surface area contributed by atoms with Gasteiger partial charge in [0.1, 0.15) is 17.5 Å². The minimum absolute atomic E-state index is 0.0232. The van der Waals surface area contributed by atoms with Crippen molar-refractivity contribution in [2.24, 2.45) is 0 Å². The van der Waals surface area contributed by atoms with Crippen molar-refractivity contribution in [1.82, 2.24) is 15.1 Å². The summed E-state index contributed by atoms with van der Waals surface area (Å²) in [5.74, 6) is 0.883. The van der Waals surface area contributed by atoms with Crippen molar-refractivity contribution in [1.29, 1.82) is 0 Å². The summed E-state index contributed by atoms with van der Waals surface area (Å²) >= 11 is 0. The number of hydrogen-bond acceptors (Lipinski definition) is 9. The molecule has 0 fully saturated rings. The Morgan fingerprint density at radius 2 is 1.57 bits per heavy atom. The van der Waals surface area contributed by atoms with Crippen LogP contribution in [0.15, 0.2) is 71.6 Å². The fourth-order valence-corrected chi connectivity index (χ4v) is 5.48. The molecule has 13 nitrogen and oxygen atoms in total. The highest BCUT2D eigenvalue weighted by molar-refractivity contribution is 7.89. The lowest BCUT2D eigenvalue weighted by Gasteiger charge is -2.30. The third-order valence-corrected chi connectivity index (χ3v) is 7.87. The molecule has 14 heteroatoms. The second-order valence-corrected chi connectivity index (χ2v) is 10.4. The van der Waals surface area contributed by atoms with E-state index in [-0.39, 0.29) is 18.2 Å². The molecule has 0 unspecified atom stereocenters. The van der Waals surface area contributed by atoms with Crippen molar-refractivity contribution < 1.29 is 42.2 Å². The third-order valence-electron chi connectivity index (χ3n) is 6.01. The molecule has 0 saturated heterocycles. The van der Waals surface area contributed by atoms with Crippen LogP contribution in [-0.4, -0.2) is 63.5 Å². The summed E-state index contributed by atoms with van der Waals surface area (Å²) in [4.78, 5) is 25.3. The van der Waals surface area contributed by atoms with E-state index in [4.69, 9.17) is 18.9 Å². The molecule has 4 rings (SSSR count). The number of carbonyl (C=O) groups is 2. The Bertz CT molecular complexity index is 1450. The summed E-state index contributed by atoms with van der Waals surface area (Å²) in [6.45, 7) is -0.755. The van der Waals surface area contributed by atoms with E-state index in [1.54, 1.807) is 42.5 Å². The summed E-state index contributed by atoms with van der Waals surface area (Å²) in [5.41, 5.74) is 2.41. The van der Waals surface area contributed by atoms with E-state index in [1.165, 1.54) is 44.0 Å². The molecule has 3 aromatic rings. The molecule has 0 spiro atoms. The highest BCUT2D eigenvalue weighted by Crippen LogP contribution is 2.33. The number of urea groups is 1. The van der Waals surface area contributed by atoms with Crippen LogP contribution in [0.25, 0.3) is 0 Å². The number of nitrogens with zero attached hydrogens (tertiary/aromatic N) is 1. The topological polar surface area (TPSA) is 165 Å². The number of amides is 3. The van der Waals surface area contributed by atoms with Crippen LogP contribution < -0.4 is 35.1 Å². The molecule has 0 aromatic heterocycles. The molecule has 1 aliphatic rings. The molecular weight excluding hydrogens is 544 g/mol. The van der Waals surface area contributed by atoms with Crippen LogP contribution in [0.5, 0.6) is 23.0 Å². The Balaban J connectivity index is 1.62. The Morgan fingerprint density at radius 3 is 2.20 bits per heavy atom. The molecule has 1 heterocycles. The van der Waals surface area contributed by atoms with Crippen molar-refractivity contribution in [2.45, 2.75) is 17.5 Å². The van der Waals surface area contributed by atoms with E-state index < -0.39 is 34.5 Å². The molecule has 0 radical (unpaired) electrons. The first-order valence-electron chi connectivity index (χ1n) is 11.9. The number of rotatable bonds is 11. The molecular formula is C26H28N4O9S. The fraction of sp³-hybridized carbons (Fsp3) is 0.231. The van der Waals surface area contributed by atoms with Gasteiger partial charge in [-0.2, -0.15) is 4.31 Å². The summed E-state index contributed by atoms with van der Waals surface area (Å²) in [6.07, 6.45) is 0. The Kier molecular flexibility index (Phi) is 8.93. The van der Waals surface area contributed by atoms with E-state index in [9.17, 15) is 23.2 Å². The van der Waals surface area contributed by atoms with Crippen molar-refractivity contribution in [2.75, 3.05) is 32.9 Å². The maximum Gasteiger partial charge on any atom is 0.319 e. The summed E-state index contributed by atoms with van der Waals surface area (Å²) in [7, 11) is -1.40. The molecule has 0 bridgehead atoms. The molecule has 3 amide bonds. The SMILES string of the molecule is COc1ccc(NC(=O)NC[C@H](C(=O)NO)N(Cc2ccc3c(c2)OCO3)S(=O)(=O)c2ccc(OC)cc2)cc1. The first kappa shape index (κ1) is 28.5. The summed E-state index contributed by atoms with van der Waals surface area (Å²) in [6, 6.07) is 14.7. The number of fused-ring (bicyclic) bond motifs is 1. The summed E-state index contributed by atoms with van der Waals surface area (Å²) < 4.78 is 49.5. The van der Waals surface area contributed by atoms with Gasteiger partial charge in [-0.15, -0.1) is 0 Å². The first-order chi connectivity index (χ1) is 19.2. The molecule has 1 aliphatic heterocycles. The van der Waals surface area contributed by atoms with Crippen LogP contribution in [0.3, 0.4) is 0 Å². The van der Waals surface area contributed by atoms with Gasteiger partial charge in [-0.3, -0.25) is 10.0 Å². The van der Waals surface area contributed by atoms with E-state index >= 15 is 0 Å². The Hall–Kier alpha value is -4.53. The number of nitrogens with one attached hydrogen (secondary N) is 3. The zero-order chi connectivity index (χ0) is 28.7. The largest absolute Gasteiger partial charge is 0.497 e. The van der Waals surface area contributed by atoms with E-state index in [2.05, 4.69) is 10.6 Å². The van der Waals surface area contributed by atoms with E-state index in [0.29, 0.717) is 34.2 Å². The fourth-order valence-electron chi connectivity index (χ4n) is 3.90. The molecule has 3 aromatic carbocycles. The van der Waals surface area contributed by atoms with Gasteiger partial charge in [0.15, 0.2) is 11.5 Å². The highest BCUT2D eigenvalue weighted by atomic mass is 32.2. The zero-order valence-corrected chi connectivity index (χ0v) is 22.4. The molecule has 0 aliphatic carbocycles. The second kappa shape index (κ2) is 12.5. The van der Waals surface area contributed by atoms with Crippen molar-refractivity contribution in [3.8, 4) is 23.0 Å². The first-order valence-corrected chi connectivity index (χ1v) is 13.4. The predicted octanol–water partition coefficient (Wildman–Crippen LogP) is 2.32. The van der Waals surface area contributed by atoms with Crippen LogP contribution in [0.1, 0.15) is 5.56 Å². The predicted molar refractivity (Wildman–Crippen MR) is 142 cm³/mol. The smallest absolute Gasteiger partial charge is 0.319 e. The Labute approximate surface area is 230 Å². The molecule has 212 valence electrons. The minimum Gasteiger partial charge on any atom is -0.497 e. The molecule has 4 N–H and O–H groups in total. The quantitative estimate of drug-likeness (QED) is 0.199. The number of sulfonamides is 1. The number of carbonyl (C=O) groups excluding carboxylic acids is 2. The van der Waals surface area contributed by atoms with E-state index in [1.807, 2.05) is 0 Å². The van der Waals surface area contributed by atoms with Gasteiger partial charge in [-0.05, 0) is 66.2 Å². The van der Waals surface area contributed by atoms with Crippen LogP contribution in [0, 0.1) is 0 Å². The number of hydroxylamine groups is 1. The van der Waals surface area contributed by atoms with Gasteiger partial charge < -0.3 is 29.6 Å². The number of ether oxygens (including phenoxy) is 4. The third kappa shape index (κ3) is 6.54. The number of methoxy groups -OCH3 is 2. The van der Waals surface area contributed by atoms with Crippen molar-refractivity contribution in [3.63, 3.8) is 0 Å². The minimum atomic E-state index is -4.36. The maximum atomic E-state index is 13.9. The lowest BCUT2D eigenvalue weighted by atomic mass is 10.2. The van der Waals surface area contributed by atoms with Gasteiger partial charge in [0.25, 0.3) is 5.91 Å². The number of benzene rings is 3. The van der Waals surface area contributed by atoms with Gasteiger partial charge in [-0.25, -0.2) is 18.7 Å².